The molecule has 2 aromatic carbocycles. The van der Waals surface area contributed by atoms with Crippen LogP contribution in [-0.2, 0) is 17.4 Å². The summed E-state index contributed by atoms with van der Waals surface area (Å²) in [6.45, 7) is 5.86. The average Bonchev–Trinajstić information content (AvgIpc) is 2.61. The van der Waals surface area contributed by atoms with Crippen molar-refractivity contribution in [2.24, 2.45) is 5.92 Å². The van der Waals surface area contributed by atoms with Gasteiger partial charge in [-0.2, -0.15) is 13.2 Å². The Morgan fingerprint density at radius 1 is 1.03 bits per heavy atom. The van der Waals surface area contributed by atoms with Crippen LogP contribution in [-0.4, -0.2) is 17.9 Å². The summed E-state index contributed by atoms with van der Waals surface area (Å²) in [4.78, 5) is 24.2. The summed E-state index contributed by atoms with van der Waals surface area (Å²) in [5.74, 6) is -0.399. The first-order chi connectivity index (χ1) is 13.9. The highest BCUT2D eigenvalue weighted by atomic mass is 19.4. The highest BCUT2D eigenvalue weighted by Crippen LogP contribution is 2.31. The Morgan fingerprint density at radius 3 is 2.23 bits per heavy atom. The van der Waals surface area contributed by atoms with E-state index in [4.69, 9.17) is 5.73 Å². The number of nitrogens with one attached hydrogen (secondary N) is 2. The van der Waals surface area contributed by atoms with E-state index in [1.807, 2.05) is 20.8 Å². The fourth-order valence-electron chi connectivity index (χ4n) is 2.98. The second-order valence-corrected chi connectivity index (χ2v) is 7.76. The number of amides is 2. The molecule has 0 fully saturated rings. The van der Waals surface area contributed by atoms with Gasteiger partial charge in [0.15, 0.2) is 0 Å². The standard InChI is InChI=1S/C22H26F3N3O2/c1-13(2)8-20(29)27-14(3)9-15-4-6-19(7-5-15)28-21(30)16-10-17(22(23,24)25)12-18(26)11-16/h4-7,10-14H,8-9,26H2,1-3H3,(H,27,29)(H,28,30). The van der Waals surface area contributed by atoms with E-state index in [2.05, 4.69) is 10.6 Å². The van der Waals surface area contributed by atoms with Crippen LogP contribution in [0.3, 0.4) is 0 Å². The van der Waals surface area contributed by atoms with E-state index in [-0.39, 0.29) is 29.1 Å². The minimum atomic E-state index is -4.59. The number of nitrogens with two attached hydrogens (primary N) is 1. The van der Waals surface area contributed by atoms with Gasteiger partial charge in [0.05, 0.1) is 5.56 Å². The number of anilines is 2. The third-order valence-corrected chi connectivity index (χ3v) is 4.30. The SMILES string of the molecule is CC(C)CC(=O)NC(C)Cc1ccc(NC(=O)c2cc(N)cc(C(F)(F)F)c2)cc1. The van der Waals surface area contributed by atoms with Crippen molar-refractivity contribution >= 4 is 23.2 Å². The van der Waals surface area contributed by atoms with Gasteiger partial charge in [0.25, 0.3) is 5.91 Å². The van der Waals surface area contributed by atoms with Crippen LogP contribution in [0.5, 0.6) is 0 Å². The van der Waals surface area contributed by atoms with Gasteiger partial charge >= 0.3 is 6.18 Å². The molecular weight excluding hydrogens is 395 g/mol. The summed E-state index contributed by atoms with van der Waals surface area (Å²) in [5.41, 5.74) is 5.61. The zero-order chi connectivity index (χ0) is 22.5. The minimum Gasteiger partial charge on any atom is -0.399 e. The number of nitrogen functional groups attached to an aromatic ring is 1. The normalized spacial score (nSPS) is 12.5. The Labute approximate surface area is 173 Å². The van der Waals surface area contributed by atoms with Crippen LogP contribution in [0.1, 0.15) is 48.7 Å². The summed E-state index contributed by atoms with van der Waals surface area (Å²) in [5, 5.41) is 5.51. The number of hydrogen-bond acceptors (Lipinski definition) is 3. The molecule has 2 rings (SSSR count). The topological polar surface area (TPSA) is 84.2 Å². The van der Waals surface area contributed by atoms with Crippen molar-refractivity contribution in [3.63, 3.8) is 0 Å². The molecule has 0 aliphatic carbocycles. The van der Waals surface area contributed by atoms with E-state index >= 15 is 0 Å². The quantitative estimate of drug-likeness (QED) is 0.570. The minimum absolute atomic E-state index is 0.00161. The number of carbonyl (C=O) groups excluding carboxylic acids is 2. The zero-order valence-electron chi connectivity index (χ0n) is 17.1. The Hall–Kier alpha value is -3.03. The first-order valence-corrected chi connectivity index (χ1v) is 9.61. The van der Waals surface area contributed by atoms with E-state index < -0.39 is 17.6 Å². The van der Waals surface area contributed by atoms with Crippen molar-refractivity contribution in [2.75, 3.05) is 11.1 Å². The molecule has 0 bridgehead atoms. The van der Waals surface area contributed by atoms with E-state index in [9.17, 15) is 22.8 Å². The van der Waals surface area contributed by atoms with Crippen LogP contribution in [0, 0.1) is 5.92 Å². The van der Waals surface area contributed by atoms with Crippen molar-refractivity contribution in [3.05, 3.63) is 59.2 Å². The second kappa shape index (κ2) is 9.65. The molecular formula is C22H26F3N3O2. The maximum atomic E-state index is 12.9. The Kier molecular flexibility index (Phi) is 7.48. The monoisotopic (exact) mass is 421 g/mol. The first kappa shape index (κ1) is 23.3. The van der Waals surface area contributed by atoms with Crippen LogP contribution in [0.4, 0.5) is 24.5 Å². The van der Waals surface area contributed by atoms with Gasteiger partial charge in [-0.25, -0.2) is 0 Å². The third-order valence-electron chi connectivity index (χ3n) is 4.30. The van der Waals surface area contributed by atoms with Crippen LogP contribution in [0.2, 0.25) is 0 Å². The van der Waals surface area contributed by atoms with Crippen molar-refractivity contribution in [1.82, 2.24) is 5.32 Å². The summed E-state index contributed by atoms with van der Waals surface area (Å²) in [7, 11) is 0. The van der Waals surface area contributed by atoms with E-state index in [1.165, 1.54) is 6.07 Å². The fourth-order valence-corrected chi connectivity index (χ4v) is 2.98. The predicted molar refractivity (Wildman–Crippen MR) is 111 cm³/mol. The van der Waals surface area contributed by atoms with Crippen LogP contribution in [0.15, 0.2) is 42.5 Å². The Bertz CT molecular complexity index is 893. The van der Waals surface area contributed by atoms with E-state index in [1.54, 1.807) is 24.3 Å². The lowest BCUT2D eigenvalue weighted by Crippen LogP contribution is -2.34. The maximum absolute atomic E-state index is 12.9. The third kappa shape index (κ3) is 7.09. The number of carbonyl (C=O) groups is 2. The number of hydrogen-bond donors (Lipinski definition) is 3. The molecule has 1 atom stereocenters. The molecule has 1 unspecified atom stereocenters. The number of benzene rings is 2. The lowest BCUT2D eigenvalue weighted by atomic mass is 10.1. The van der Waals surface area contributed by atoms with Gasteiger partial charge in [-0.3, -0.25) is 9.59 Å². The molecule has 0 saturated heterocycles. The molecule has 4 N–H and O–H groups in total. The number of halogens is 3. The molecule has 0 saturated carbocycles. The second-order valence-electron chi connectivity index (χ2n) is 7.76. The van der Waals surface area contributed by atoms with Crippen molar-refractivity contribution in [3.8, 4) is 0 Å². The van der Waals surface area contributed by atoms with Gasteiger partial charge in [0, 0.05) is 29.4 Å². The van der Waals surface area contributed by atoms with Gasteiger partial charge in [0.2, 0.25) is 5.91 Å². The van der Waals surface area contributed by atoms with Crippen LogP contribution >= 0.6 is 0 Å². The molecule has 0 heterocycles. The van der Waals surface area contributed by atoms with Crippen molar-refractivity contribution < 1.29 is 22.8 Å². The molecule has 30 heavy (non-hydrogen) atoms. The summed E-state index contributed by atoms with van der Waals surface area (Å²) in [6, 6.07) is 9.60. The fraction of sp³-hybridized carbons (Fsp3) is 0.364. The van der Waals surface area contributed by atoms with Crippen LogP contribution < -0.4 is 16.4 Å². The molecule has 162 valence electrons. The van der Waals surface area contributed by atoms with Gasteiger partial charge in [-0.15, -0.1) is 0 Å². The van der Waals surface area contributed by atoms with Crippen molar-refractivity contribution in [1.29, 1.82) is 0 Å². The number of rotatable bonds is 7. The Morgan fingerprint density at radius 2 is 1.67 bits per heavy atom. The average molecular weight is 421 g/mol. The highest BCUT2D eigenvalue weighted by molar-refractivity contribution is 6.05. The Balaban J connectivity index is 2.00. The van der Waals surface area contributed by atoms with Gasteiger partial charge in [-0.05, 0) is 55.2 Å². The molecule has 2 amide bonds. The molecule has 0 radical (unpaired) electrons. The van der Waals surface area contributed by atoms with Gasteiger partial charge in [0.1, 0.15) is 0 Å². The molecule has 0 aliphatic heterocycles. The summed E-state index contributed by atoms with van der Waals surface area (Å²) < 4.78 is 38.7. The zero-order valence-corrected chi connectivity index (χ0v) is 17.1. The summed E-state index contributed by atoms with van der Waals surface area (Å²) >= 11 is 0. The molecule has 0 spiro atoms. The van der Waals surface area contributed by atoms with Crippen LogP contribution in [0.25, 0.3) is 0 Å². The highest BCUT2D eigenvalue weighted by Gasteiger charge is 2.31. The molecule has 2 aromatic rings. The number of alkyl halides is 3. The molecule has 8 heteroatoms. The molecule has 5 nitrogen and oxygen atoms in total. The van der Waals surface area contributed by atoms with E-state index in [0.717, 1.165) is 17.7 Å². The molecule has 0 aromatic heterocycles. The smallest absolute Gasteiger partial charge is 0.399 e. The van der Waals surface area contributed by atoms with Gasteiger partial charge in [-0.1, -0.05) is 26.0 Å². The van der Waals surface area contributed by atoms with Crippen molar-refractivity contribution in [2.45, 2.75) is 45.8 Å². The first-order valence-electron chi connectivity index (χ1n) is 9.61. The lowest BCUT2D eigenvalue weighted by molar-refractivity contribution is -0.137. The van der Waals surface area contributed by atoms with Gasteiger partial charge < -0.3 is 16.4 Å². The lowest BCUT2D eigenvalue weighted by Gasteiger charge is -2.15. The largest absolute Gasteiger partial charge is 0.416 e. The van der Waals surface area contributed by atoms with E-state index in [0.29, 0.717) is 18.5 Å². The summed E-state index contributed by atoms with van der Waals surface area (Å²) in [6.07, 6.45) is -3.51. The maximum Gasteiger partial charge on any atom is 0.416 e. The molecule has 0 aliphatic rings. The predicted octanol–water partition coefficient (Wildman–Crippen LogP) is 4.63.